The van der Waals surface area contributed by atoms with Gasteiger partial charge in [0.2, 0.25) is 0 Å². The monoisotopic (exact) mass is 259 g/mol. The summed E-state index contributed by atoms with van der Waals surface area (Å²) in [5.41, 5.74) is 3.56. The number of rotatable bonds is 3. The Labute approximate surface area is 117 Å². The van der Waals surface area contributed by atoms with Crippen molar-refractivity contribution in [3.8, 4) is 6.07 Å². The summed E-state index contributed by atoms with van der Waals surface area (Å²) < 4.78 is 0. The van der Waals surface area contributed by atoms with E-state index >= 15 is 0 Å². The number of aromatic nitrogens is 1. The van der Waals surface area contributed by atoms with Crippen molar-refractivity contribution in [2.24, 2.45) is 0 Å². The van der Waals surface area contributed by atoms with Gasteiger partial charge >= 0.3 is 0 Å². The van der Waals surface area contributed by atoms with E-state index in [0.717, 1.165) is 22.3 Å². The molecule has 1 heterocycles. The molecule has 0 aliphatic carbocycles. The number of pyridine rings is 1. The number of benzene rings is 2. The highest BCUT2D eigenvalue weighted by Crippen LogP contribution is 2.14. The van der Waals surface area contributed by atoms with Crippen LogP contribution in [0.3, 0.4) is 0 Å². The molecule has 0 amide bonds. The first-order valence-electron chi connectivity index (χ1n) is 6.44. The van der Waals surface area contributed by atoms with Gasteiger partial charge in [0.05, 0.1) is 29.4 Å². The van der Waals surface area contributed by atoms with Crippen LogP contribution in [0, 0.1) is 11.3 Å². The lowest BCUT2D eigenvalue weighted by Crippen LogP contribution is -2.01. The van der Waals surface area contributed by atoms with Crippen LogP contribution in [-0.4, -0.2) is 4.98 Å². The highest BCUT2D eigenvalue weighted by Gasteiger charge is 1.99. The first-order chi connectivity index (χ1) is 9.85. The molecule has 1 aromatic heterocycles. The van der Waals surface area contributed by atoms with Gasteiger partial charge in [-0.2, -0.15) is 5.26 Å². The second-order valence-corrected chi connectivity index (χ2v) is 4.54. The molecule has 0 aliphatic rings. The van der Waals surface area contributed by atoms with Gasteiger partial charge in [-0.05, 0) is 30.3 Å². The standard InChI is InChI=1S/C17H13N3/c18-11-13-4-3-6-15(10-13)19-12-16-9-8-14-5-1-2-7-17(14)20-16/h1-10,19H,12H2. The van der Waals surface area contributed by atoms with E-state index < -0.39 is 0 Å². The number of nitriles is 1. The Morgan fingerprint density at radius 3 is 2.80 bits per heavy atom. The number of hydrogen-bond donors (Lipinski definition) is 1. The van der Waals surface area contributed by atoms with E-state index in [0.29, 0.717) is 12.1 Å². The molecule has 0 fully saturated rings. The van der Waals surface area contributed by atoms with Gasteiger partial charge in [0.1, 0.15) is 0 Å². The largest absolute Gasteiger partial charge is 0.379 e. The molecule has 3 rings (SSSR count). The molecule has 2 aromatic carbocycles. The lowest BCUT2D eigenvalue weighted by Gasteiger charge is -2.07. The van der Waals surface area contributed by atoms with E-state index in [1.54, 1.807) is 6.07 Å². The zero-order chi connectivity index (χ0) is 13.8. The maximum Gasteiger partial charge on any atom is 0.0992 e. The van der Waals surface area contributed by atoms with Crippen molar-refractivity contribution in [1.82, 2.24) is 4.98 Å². The molecule has 0 bridgehead atoms. The summed E-state index contributed by atoms with van der Waals surface area (Å²) in [6.07, 6.45) is 0. The summed E-state index contributed by atoms with van der Waals surface area (Å²) in [6, 6.07) is 21.7. The zero-order valence-corrected chi connectivity index (χ0v) is 10.9. The average Bonchev–Trinajstić information content (AvgIpc) is 2.53. The Kier molecular flexibility index (Phi) is 3.30. The highest BCUT2D eigenvalue weighted by molar-refractivity contribution is 5.78. The normalized spacial score (nSPS) is 10.2. The SMILES string of the molecule is N#Cc1cccc(NCc2ccc3ccccc3n2)c1. The Hall–Kier alpha value is -2.86. The molecule has 1 N–H and O–H groups in total. The summed E-state index contributed by atoms with van der Waals surface area (Å²) in [5.74, 6) is 0. The van der Waals surface area contributed by atoms with Gasteiger partial charge in [-0.25, -0.2) is 0 Å². The number of nitrogens with zero attached hydrogens (tertiary/aromatic N) is 2. The van der Waals surface area contributed by atoms with Crippen LogP contribution in [0.4, 0.5) is 5.69 Å². The third kappa shape index (κ3) is 2.60. The van der Waals surface area contributed by atoms with Crippen LogP contribution in [0.1, 0.15) is 11.3 Å². The van der Waals surface area contributed by atoms with Crippen LogP contribution in [0.5, 0.6) is 0 Å². The summed E-state index contributed by atoms with van der Waals surface area (Å²) in [7, 11) is 0. The van der Waals surface area contributed by atoms with Gasteiger partial charge < -0.3 is 5.32 Å². The molecule has 3 heteroatoms. The molecular formula is C17H13N3. The topological polar surface area (TPSA) is 48.7 Å². The second-order valence-electron chi connectivity index (χ2n) is 4.54. The predicted octanol–water partition coefficient (Wildman–Crippen LogP) is 3.72. The van der Waals surface area contributed by atoms with Gasteiger partial charge in [-0.15, -0.1) is 0 Å². The fourth-order valence-electron chi connectivity index (χ4n) is 2.10. The molecule has 0 spiro atoms. The third-order valence-corrected chi connectivity index (χ3v) is 3.12. The van der Waals surface area contributed by atoms with Gasteiger partial charge in [-0.1, -0.05) is 30.3 Å². The minimum Gasteiger partial charge on any atom is -0.379 e. The summed E-state index contributed by atoms with van der Waals surface area (Å²) in [4.78, 5) is 4.61. The Balaban J connectivity index is 1.78. The molecule has 20 heavy (non-hydrogen) atoms. The Morgan fingerprint density at radius 2 is 1.90 bits per heavy atom. The summed E-state index contributed by atoms with van der Waals surface area (Å²) in [5, 5.41) is 13.3. The number of fused-ring (bicyclic) bond motifs is 1. The van der Waals surface area contributed by atoms with Crippen molar-refractivity contribution in [3.05, 3.63) is 71.9 Å². The van der Waals surface area contributed by atoms with Crippen LogP contribution in [0.15, 0.2) is 60.7 Å². The fraction of sp³-hybridized carbons (Fsp3) is 0.0588. The molecule has 96 valence electrons. The minimum absolute atomic E-state index is 0.639. The maximum atomic E-state index is 8.88. The van der Waals surface area contributed by atoms with E-state index in [1.807, 2.05) is 42.5 Å². The summed E-state index contributed by atoms with van der Waals surface area (Å²) >= 11 is 0. The molecule has 0 atom stereocenters. The lowest BCUT2D eigenvalue weighted by molar-refractivity contribution is 1.07. The molecule has 3 nitrogen and oxygen atoms in total. The van der Waals surface area contributed by atoms with Crippen LogP contribution in [-0.2, 0) is 6.54 Å². The highest BCUT2D eigenvalue weighted by atomic mass is 14.9. The van der Waals surface area contributed by atoms with E-state index in [1.165, 1.54) is 0 Å². The minimum atomic E-state index is 0.639. The maximum absolute atomic E-state index is 8.88. The van der Waals surface area contributed by atoms with Crippen molar-refractivity contribution in [2.45, 2.75) is 6.54 Å². The van der Waals surface area contributed by atoms with Crippen molar-refractivity contribution in [3.63, 3.8) is 0 Å². The lowest BCUT2D eigenvalue weighted by atomic mass is 10.2. The van der Waals surface area contributed by atoms with Gasteiger partial charge in [0, 0.05) is 11.1 Å². The van der Waals surface area contributed by atoms with Crippen molar-refractivity contribution < 1.29 is 0 Å². The number of nitrogens with one attached hydrogen (secondary N) is 1. The first-order valence-corrected chi connectivity index (χ1v) is 6.44. The van der Waals surface area contributed by atoms with Crippen LogP contribution in [0.25, 0.3) is 10.9 Å². The average molecular weight is 259 g/mol. The Bertz CT molecular complexity index is 787. The fourth-order valence-corrected chi connectivity index (χ4v) is 2.10. The van der Waals surface area contributed by atoms with Gasteiger partial charge in [-0.3, -0.25) is 4.98 Å². The number of para-hydroxylation sites is 1. The van der Waals surface area contributed by atoms with Crippen LogP contribution in [0.2, 0.25) is 0 Å². The van der Waals surface area contributed by atoms with Crippen LogP contribution < -0.4 is 5.32 Å². The Morgan fingerprint density at radius 1 is 1.00 bits per heavy atom. The van der Waals surface area contributed by atoms with Crippen molar-refractivity contribution in [1.29, 1.82) is 5.26 Å². The quantitative estimate of drug-likeness (QED) is 0.779. The molecule has 0 saturated heterocycles. The zero-order valence-electron chi connectivity index (χ0n) is 10.9. The molecule has 0 radical (unpaired) electrons. The van der Waals surface area contributed by atoms with E-state index in [2.05, 4.69) is 28.5 Å². The smallest absolute Gasteiger partial charge is 0.0992 e. The van der Waals surface area contributed by atoms with Crippen molar-refractivity contribution in [2.75, 3.05) is 5.32 Å². The molecule has 0 aliphatic heterocycles. The van der Waals surface area contributed by atoms with E-state index in [4.69, 9.17) is 5.26 Å². The first kappa shape index (κ1) is 12.2. The molecular weight excluding hydrogens is 246 g/mol. The second kappa shape index (κ2) is 5.41. The molecule has 0 saturated carbocycles. The predicted molar refractivity (Wildman–Crippen MR) is 80.2 cm³/mol. The summed E-state index contributed by atoms with van der Waals surface area (Å²) in [6.45, 7) is 0.639. The van der Waals surface area contributed by atoms with E-state index in [-0.39, 0.29) is 0 Å². The molecule has 0 unspecified atom stereocenters. The van der Waals surface area contributed by atoms with Gasteiger partial charge in [0.25, 0.3) is 0 Å². The number of hydrogen-bond acceptors (Lipinski definition) is 3. The van der Waals surface area contributed by atoms with Gasteiger partial charge in [0.15, 0.2) is 0 Å². The van der Waals surface area contributed by atoms with Crippen LogP contribution >= 0.6 is 0 Å². The van der Waals surface area contributed by atoms with E-state index in [9.17, 15) is 0 Å². The number of anilines is 1. The third-order valence-electron chi connectivity index (χ3n) is 3.12. The molecule has 3 aromatic rings. The van der Waals surface area contributed by atoms with Crippen molar-refractivity contribution >= 4 is 16.6 Å².